The molecule has 0 radical (unpaired) electrons. The average Bonchev–Trinajstić information content (AvgIpc) is 3.18. The van der Waals surface area contributed by atoms with Gasteiger partial charge in [0.15, 0.2) is 23.1 Å². The summed E-state index contributed by atoms with van der Waals surface area (Å²) in [5.41, 5.74) is 2.88. The fraction of sp³-hybridized carbons (Fsp3) is 0.267. The van der Waals surface area contributed by atoms with Crippen LogP contribution in [0.2, 0.25) is 5.02 Å². The van der Waals surface area contributed by atoms with E-state index in [0.717, 1.165) is 11.1 Å². The van der Waals surface area contributed by atoms with Gasteiger partial charge in [-0.15, -0.1) is 0 Å². The molecule has 2 aromatic carbocycles. The maximum absolute atomic E-state index is 14.0. The number of aromatic hydroxyl groups is 1. The molecule has 2 amide bonds. The Hall–Kier alpha value is -3.01. The largest absolute Gasteiger partial charge is 0.504 e. The molecule has 1 N–H and O–H groups in total. The number of carbonyl (C=O) groups is 4. The van der Waals surface area contributed by atoms with Gasteiger partial charge in [0.25, 0.3) is 0 Å². The van der Waals surface area contributed by atoms with E-state index in [1.807, 2.05) is 13.0 Å². The summed E-state index contributed by atoms with van der Waals surface area (Å²) in [6.07, 6.45) is 3.55. The van der Waals surface area contributed by atoms with Crippen LogP contribution >= 0.6 is 43.5 Å². The number of amides is 2. The molecule has 1 aliphatic heterocycles. The quantitative estimate of drug-likeness (QED) is 0.238. The number of aryl methyl sites for hydroxylation is 1. The first-order valence-electron chi connectivity index (χ1n) is 12.6. The van der Waals surface area contributed by atoms with Crippen molar-refractivity contribution in [3.05, 3.63) is 84.3 Å². The third-order valence-electron chi connectivity index (χ3n) is 8.34. The number of phenolic OH excluding ortho intramolecular Hbond substituents is 1. The van der Waals surface area contributed by atoms with Crippen molar-refractivity contribution in [2.45, 2.75) is 25.7 Å². The number of fused-ring (bicyclic) bond motifs is 3. The molecule has 0 bridgehead atoms. The zero-order valence-corrected chi connectivity index (χ0v) is 25.3. The van der Waals surface area contributed by atoms with Gasteiger partial charge in [-0.05, 0) is 71.4 Å². The maximum atomic E-state index is 14.0. The number of phenols is 1. The number of halogens is 3. The second-order valence-corrected chi connectivity index (χ2v) is 12.6. The molecule has 1 fully saturated rings. The van der Waals surface area contributed by atoms with Crippen molar-refractivity contribution in [2.75, 3.05) is 12.0 Å². The van der Waals surface area contributed by atoms with Gasteiger partial charge in [-0.1, -0.05) is 45.2 Å². The highest BCUT2D eigenvalue weighted by molar-refractivity contribution is 9.12. The molecule has 2 aromatic rings. The fourth-order valence-corrected chi connectivity index (χ4v) is 7.58. The van der Waals surface area contributed by atoms with Gasteiger partial charge >= 0.3 is 0 Å². The van der Waals surface area contributed by atoms with Crippen LogP contribution in [0.15, 0.2) is 68.2 Å². The number of Topliss-reactive ketones (excluding diaryl/α,β-unsaturated/α-hetero) is 1. The molecule has 1 heterocycles. The number of benzene rings is 2. The Morgan fingerprint density at radius 2 is 1.80 bits per heavy atom. The number of carbonyl (C=O) groups excluding carboxylic acids is 4. The van der Waals surface area contributed by atoms with Crippen molar-refractivity contribution in [1.82, 2.24) is 0 Å². The topological polar surface area (TPSA) is 101 Å². The number of anilines is 1. The van der Waals surface area contributed by atoms with E-state index in [2.05, 4.69) is 31.9 Å². The first kappa shape index (κ1) is 27.2. The first-order valence-corrected chi connectivity index (χ1v) is 14.6. The molecule has 4 atom stereocenters. The van der Waals surface area contributed by atoms with Crippen LogP contribution in [-0.2, 0) is 19.2 Å². The Morgan fingerprint density at radius 1 is 1.05 bits per heavy atom. The van der Waals surface area contributed by atoms with Gasteiger partial charge in [0.2, 0.25) is 11.8 Å². The molecule has 40 heavy (non-hydrogen) atoms. The minimum Gasteiger partial charge on any atom is -0.504 e. The number of hydrogen-bond donors (Lipinski definition) is 1. The lowest BCUT2D eigenvalue weighted by atomic mass is 9.59. The number of ether oxygens (including phenoxy) is 1. The molecule has 204 valence electrons. The second-order valence-electron chi connectivity index (χ2n) is 10.4. The zero-order chi connectivity index (χ0) is 28.6. The van der Waals surface area contributed by atoms with Crippen LogP contribution in [0.3, 0.4) is 0 Å². The number of nitrogens with zero attached hydrogens (tertiary/aromatic N) is 1. The molecular weight excluding hydrogens is 666 g/mol. The number of imide groups is 1. The smallest absolute Gasteiger partial charge is 0.238 e. The number of hydrogen-bond acceptors (Lipinski definition) is 6. The standard InChI is InChI=1S/C30H22Br2ClNO6/c1-12-3-4-14(9-21(12)33)34-29(38)16-6-5-15-17(25(16)30(34)39)10-19-26(22(35)11-20(32)27(19)36)24(15)18-7-13(31)8-23(40-2)28(18)37/h3-5,7-9,11,16-17,24-25,37H,6,10H2,1-2H3/t16-,17+,24+,25-/m0/s1. The monoisotopic (exact) mass is 685 g/mol. The molecule has 7 nitrogen and oxygen atoms in total. The van der Waals surface area contributed by atoms with Gasteiger partial charge in [-0.25, -0.2) is 4.90 Å². The summed E-state index contributed by atoms with van der Waals surface area (Å²) in [5.74, 6) is -4.05. The van der Waals surface area contributed by atoms with Gasteiger partial charge in [-0.3, -0.25) is 19.2 Å². The van der Waals surface area contributed by atoms with Crippen molar-refractivity contribution in [2.24, 2.45) is 17.8 Å². The molecule has 0 aromatic heterocycles. The van der Waals surface area contributed by atoms with Crippen molar-refractivity contribution in [3.8, 4) is 11.5 Å². The van der Waals surface area contributed by atoms with Crippen LogP contribution < -0.4 is 9.64 Å². The van der Waals surface area contributed by atoms with E-state index < -0.39 is 23.7 Å². The molecule has 0 spiro atoms. The van der Waals surface area contributed by atoms with E-state index >= 15 is 0 Å². The predicted octanol–water partition coefficient (Wildman–Crippen LogP) is 6.09. The van der Waals surface area contributed by atoms with E-state index in [1.165, 1.54) is 18.1 Å². The molecule has 0 unspecified atom stereocenters. The minimum absolute atomic E-state index is 0.125. The van der Waals surface area contributed by atoms with E-state index in [1.54, 1.807) is 30.3 Å². The highest BCUT2D eigenvalue weighted by Gasteiger charge is 2.57. The zero-order valence-electron chi connectivity index (χ0n) is 21.3. The lowest BCUT2D eigenvalue weighted by Crippen LogP contribution is -2.39. The van der Waals surface area contributed by atoms with E-state index in [-0.39, 0.29) is 63.4 Å². The lowest BCUT2D eigenvalue weighted by molar-refractivity contribution is -0.123. The summed E-state index contributed by atoms with van der Waals surface area (Å²) >= 11 is 13.0. The van der Waals surface area contributed by atoms with Crippen LogP contribution in [-0.4, -0.2) is 35.6 Å². The Kier molecular flexibility index (Phi) is 6.67. The normalized spacial score (nSPS) is 25.9. The fourth-order valence-electron chi connectivity index (χ4n) is 6.51. The Morgan fingerprint density at radius 3 is 2.50 bits per heavy atom. The summed E-state index contributed by atoms with van der Waals surface area (Å²) in [6, 6.07) is 8.37. The molecule has 6 rings (SSSR count). The Balaban J connectivity index is 1.52. The summed E-state index contributed by atoms with van der Waals surface area (Å²) in [6.45, 7) is 1.84. The second kappa shape index (κ2) is 9.82. The number of ketones is 2. The number of methoxy groups -OCH3 is 1. The van der Waals surface area contributed by atoms with Gasteiger partial charge in [0, 0.05) is 38.2 Å². The average molecular weight is 688 g/mol. The van der Waals surface area contributed by atoms with Crippen LogP contribution in [0.4, 0.5) is 5.69 Å². The van der Waals surface area contributed by atoms with Crippen LogP contribution in [0.5, 0.6) is 11.5 Å². The van der Waals surface area contributed by atoms with Crippen molar-refractivity contribution in [3.63, 3.8) is 0 Å². The number of rotatable bonds is 3. The third kappa shape index (κ3) is 3.96. The molecular formula is C30H22Br2ClNO6. The maximum Gasteiger partial charge on any atom is 0.238 e. The summed E-state index contributed by atoms with van der Waals surface area (Å²) in [4.78, 5) is 55.7. The Labute approximate surface area is 251 Å². The van der Waals surface area contributed by atoms with Crippen LogP contribution in [0.1, 0.15) is 29.9 Å². The van der Waals surface area contributed by atoms with Gasteiger partial charge < -0.3 is 9.84 Å². The summed E-state index contributed by atoms with van der Waals surface area (Å²) in [5, 5.41) is 11.7. The molecule has 4 aliphatic rings. The van der Waals surface area contributed by atoms with Gasteiger partial charge in [0.05, 0.1) is 29.1 Å². The van der Waals surface area contributed by atoms with E-state index in [4.69, 9.17) is 16.3 Å². The van der Waals surface area contributed by atoms with E-state index in [9.17, 15) is 24.3 Å². The number of allylic oxidation sites excluding steroid dienone is 6. The highest BCUT2D eigenvalue weighted by Crippen LogP contribution is 2.57. The molecule has 1 saturated heterocycles. The van der Waals surface area contributed by atoms with Crippen LogP contribution in [0, 0.1) is 24.7 Å². The van der Waals surface area contributed by atoms with Crippen LogP contribution in [0.25, 0.3) is 0 Å². The highest BCUT2D eigenvalue weighted by atomic mass is 79.9. The van der Waals surface area contributed by atoms with Gasteiger partial charge in [0.1, 0.15) is 0 Å². The van der Waals surface area contributed by atoms with E-state index in [0.29, 0.717) is 20.7 Å². The van der Waals surface area contributed by atoms with Crippen molar-refractivity contribution < 1.29 is 29.0 Å². The molecule has 10 heteroatoms. The Bertz CT molecular complexity index is 1660. The predicted molar refractivity (Wildman–Crippen MR) is 156 cm³/mol. The minimum atomic E-state index is -0.805. The third-order valence-corrected chi connectivity index (χ3v) is 9.80. The summed E-state index contributed by atoms with van der Waals surface area (Å²) in [7, 11) is 1.42. The summed E-state index contributed by atoms with van der Waals surface area (Å²) < 4.78 is 6.12. The molecule has 0 saturated carbocycles. The lowest BCUT2D eigenvalue weighted by Gasteiger charge is -2.42. The van der Waals surface area contributed by atoms with Crippen molar-refractivity contribution in [1.29, 1.82) is 0 Å². The SMILES string of the molecule is COc1cc(Br)cc([C@H]2C3=CC[C@@H]4C(=O)N(c5ccc(C)c(Cl)c5)C(=O)[C@@H]4[C@@H]3CC3=C2C(=O)C=C(Br)C3=O)c1O. The van der Waals surface area contributed by atoms with Crippen molar-refractivity contribution >= 4 is 72.5 Å². The van der Waals surface area contributed by atoms with Gasteiger partial charge in [-0.2, -0.15) is 0 Å². The molecule has 3 aliphatic carbocycles. The first-order chi connectivity index (χ1) is 19.0.